The summed E-state index contributed by atoms with van der Waals surface area (Å²) in [6.45, 7) is 14.6. The van der Waals surface area contributed by atoms with E-state index in [1.165, 1.54) is 31.3 Å². The predicted octanol–water partition coefficient (Wildman–Crippen LogP) is 7.39. The highest BCUT2D eigenvalue weighted by Crippen LogP contribution is 2.66. The van der Waals surface area contributed by atoms with Gasteiger partial charge in [0.1, 0.15) is 0 Å². The van der Waals surface area contributed by atoms with Crippen LogP contribution in [0.25, 0.3) is 0 Å². The molecule has 0 N–H and O–H groups in total. The molecule has 4 aliphatic rings. The Morgan fingerprint density at radius 2 is 1.76 bits per heavy atom. The van der Waals surface area contributed by atoms with Gasteiger partial charge in [0.05, 0.1) is 0 Å². The Kier molecular flexibility index (Phi) is 5.50. The lowest BCUT2D eigenvalue weighted by atomic mass is 9.48. The second-order valence-corrected chi connectivity index (χ2v) is 11.7. The number of fused-ring (bicyclic) bond motifs is 5. The Labute approximate surface area is 179 Å². The van der Waals surface area contributed by atoms with E-state index in [1.54, 1.807) is 0 Å². The van der Waals surface area contributed by atoms with Gasteiger partial charge in [0, 0.05) is 6.42 Å². The molecule has 8 atom stereocenters. The van der Waals surface area contributed by atoms with Gasteiger partial charge in [0.2, 0.25) is 0 Å². The van der Waals surface area contributed by atoms with Gasteiger partial charge in [-0.2, -0.15) is 0 Å². The molecule has 0 amide bonds. The van der Waals surface area contributed by atoms with Crippen LogP contribution in [0.5, 0.6) is 0 Å². The first-order valence-corrected chi connectivity index (χ1v) is 12.3. The lowest BCUT2D eigenvalue weighted by Crippen LogP contribution is -2.49. The molecule has 29 heavy (non-hydrogen) atoms. The van der Waals surface area contributed by atoms with Crippen molar-refractivity contribution in [1.82, 2.24) is 0 Å². The summed E-state index contributed by atoms with van der Waals surface area (Å²) >= 11 is 0. The maximum Gasteiger partial charge on any atom is 0.156 e. The number of carbonyl (C=O) groups excluding carboxylic acids is 1. The van der Waals surface area contributed by atoms with E-state index in [-0.39, 0.29) is 5.41 Å². The fraction of sp³-hybridized carbons (Fsp3) is 0.750. The Morgan fingerprint density at radius 1 is 1.00 bits per heavy atom. The summed E-state index contributed by atoms with van der Waals surface area (Å²) in [6.07, 6.45) is 19.1. The van der Waals surface area contributed by atoms with Crippen molar-refractivity contribution in [2.45, 2.75) is 80.1 Å². The number of ketones is 1. The maximum atomic E-state index is 12.0. The van der Waals surface area contributed by atoms with Gasteiger partial charge in [0.25, 0.3) is 0 Å². The number of carbonyl (C=O) groups is 1. The van der Waals surface area contributed by atoms with Crippen molar-refractivity contribution in [3.8, 4) is 0 Å². The van der Waals surface area contributed by atoms with E-state index in [4.69, 9.17) is 0 Å². The molecule has 4 rings (SSSR count). The highest BCUT2D eigenvalue weighted by molar-refractivity contribution is 5.92. The summed E-state index contributed by atoms with van der Waals surface area (Å²) in [4.78, 5) is 12.0. The van der Waals surface area contributed by atoms with Crippen LogP contribution in [0.15, 0.2) is 36.0 Å². The first-order valence-electron chi connectivity index (χ1n) is 12.3. The normalized spacial score (nSPS) is 43.7. The van der Waals surface area contributed by atoms with Crippen molar-refractivity contribution in [3.05, 3.63) is 36.0 Å². The van der Waals surface area contributed by atoms with Crippen LogP contribution in [0.1, 0.15) is 80.1 Å². The van der Waals surface area contributed by atoms with Gasteiger partial charge in [-0.25, -0.2) is 0 Å². The zero-order chi connectivity index (χ0) is 21.0. The highest BCUT2D eigenvalue weighted by atomic mass is 16.1. The lowest BCUT2D eigenvalue weighted by Gasteiger charge is -2.56. The average Bonchev–Trinajstić information content (AvgIpc) is 3.03. The van der Waals surface area contributed by atoms with E-state index in [2.05, 4.69) is 65.8 Å². The third-order valence-corrected chi connectivity index (χ3v) is 9.99. The standard InChI is InChI=1S/C28H42O/c1-18(2)19(3)7-8-20(4)24-11-12-25-23-10-9-21-17-22(29)13-15-27(21,5)26(23)14-16-28(24,25)6/h7-10,17-20,23-26H,11-16H2,1-6H3/b8-7+/t19-,20+,23?,24?,25?,26?,27?,28?/m0/s1. The van der Waals surface area contributed by atoms with Crippen molar-refractivity contribution in [2.24, 2.45) is 52.3 Å². The van der Waals surface area contributed by atoms with E-state index >= 15 is 0 Å². The molecule has 0 saturated heterocycles. The smallest absolute Gasteiger partial charge is 0.156 e. The third kappa shape index (κ3) is 3.41. The maximum absolute atomic E-state index is 12.0. The molecule has 160 valence electrons. The molecule has 0 heterocycles. The highest BCUT2D eigenvalue weighted by Gasteiger charge is 2.58. The van der Waals surface area contributed by atoms with E-state index in [0.717, 1.165) is 36.5 Å². The Hall–Kier alpha value is -1.11. The molecule has 1 heteroatoms. The summed E-state index contributed by atoms with van der Waals surface area (Å²) in [7, 11) is 0. The van der Waals surface area contributed by atoms with Crippen LogP contribution in [0, 0.1) is 52.3 Å². The van der Waals surface area contributed by atoms with Crippen LogP contribution in [-0.2, 0) is 4.79 Å². The first-order chi connectivity index (χ1) is 13.7. The van der Waals surface area contributed by atoms with Crippen molar-refractivity contribution >= 4 is 5.78 Å². The fourth-order valence-corrected chi connectivity index (χ4v) is 7.61. The number of hydrogen-bond acceptors (Lipinski definition) is 1. The second kappa shape index (κ2) is 7.54. The zero-order valence-corrected chi connectivity index (χ0v) is 19.6. The minimum atomic E-state index is 0.227. The molecule has 0 aliphatic heterocycles. The largest absolute Gasteiger partial charge is 0.295 e. The minimum absolute atomic E-state index is 0.227. The SMILES string of the molecule is CC(C)[C@@H](C)/C=C/[C@@H](C)C1CCC2C3C=CC4=CC(=O)CCC4(C)C3CCC21C. The molecular formula is C28H42O. The Morgan fingerprint density at radius 3 is 2.48 bits per heavy atom. The topological polar surface area (TPSA) is 17.1 Å². The molecule has 0 aromatic rings. The van der Waals surface area contributed by atoms with Crippen LogP contribution in [-0.4, -0.2) is 5.78 Å². The molecule has 0 radical (unpaired) electrons. The van der Waals surface area contributed by atoms with E-state index in [0.29, 0.717) is 29.0 Å². The van der Waals surface area contributed by atoms with Crippen LogP contribution < -0.4 is 0 Å². The molecule has 0 bridgehead atoms. The lowest BCUT2D eigenvalue weighted by molar-refractivity contribution is -0.116. The Balaban J connectivity index is 1.57. The number of rotatable bonds is 4. The third-order valence-electron chi connectivity index (χ3n) is 9.99. The quantitative estimate of drug-likeness (QED) is 0.454. The number of allylic oxidation sites excluding steroid dienone is 6. The first kappa shape index (κ1) is 21.1. The van der Waals surface area contributed by atoms with Gasteiger partial charge in [-0.1, -0.05) is 65.8 Å². The van der Waals surface area contributed by atoms with Crippen LogP contribution in [0.2, 0.25) is 0 Å². The summed E-state index contributed by atoms with van der Waals surface area (Å²) < 4.78 is 0. The zero-order valence-electron chi connectivity index (χ0n) is 19.6. The van der Waals surface area contributed by atoms with Crippen LogP contribution in [0.4, 0.5) is 0 Å². The molecule has 1 nitrogen and oxygen atoms in total. The molecule has 4 aliphatic carbocycles. The summed E-state index contributed by atoms with van der Waals surface area (Å²) in [5, 5.41) is 0. The molecule has 2 saturated carbocycles. The molecule has 0 spiro atoms. The minimum Gasteiger partial charge on any atom is -0.295 e. The van der Waals surface area contributed by atoms with Gasteiger partial charge in [-0.3, -0.25) is 4.79 Å². The average molecular weight is 395 g/mol. The van der Waals surface area contributed by atoms with Gasteiger partial charge in [0.15, 0.2) is 5.78 Å². The van der Waals surface area contributed by atoms with Crippen molar-refractivity contribution < 1.29 is 4.79 Å². The summed E-state index contributed by atoms with van der Waals surface area (Å²) in [6, 6.07) is 0. The van der Waals surface area contributed by atoms with E-state index in [9.17, 15) is 4.79 Å². The molecule has 6 unspecified atom stereocenters. The van der Waals surface area contributed by atoms with Gasteiger partial charge in [-0.05, 0) is 96.0 Å². The van der Waals surface area contributed by atoms with Gasteiger partial charge in [-0.15, -0.1) is 0 Å². The summed E-state index contributed by atoms with van der Waals surface area (Å²) in [5.74, 6) is 5.46. The van der Waals surface area contributed by atoms with Crippen LogP contribution in [0.3, 0.4) is 0 Å². The van der Waals surface area contributed by atoms with E-state index < -0.39 is 0 Å². The molecule has 0 aromatic carbocycles. The van der Waals surface area contributed by atoms with E-state index in [1.807, 2.05) is 6.08 Å². The Bertz CT molecular complexity index is 739. The molecule has 0 aromatic heterocycles. The van der Waals surface area contributed by atoms with Gasteiger partial charge < -0.3 is 0 Å². The van der Waals surface area contributed by atoms with Crippen molar-refractivity contribution in [1.29, 1.82) is 0 Å². The molecule has 2 fully saturated rings. The van der Waals surface area contributed by atoms with Crippen molar-refractivity contribution in [2.75, 3.05) is 0 Å². The molecular weight excluding hydrogens is 352 g/mol. The van der Waals surface area contributed by atoms with Crippen molar-refractivity contribution in [3.63, 3.8) is 0 Å². The van der Waals surface area contributed by atoms with Gasteiger partial charge >= 0.3 is 0 Å². The monoisotopic (exact) mass is 394 g/mol. The predicted molar refractivity (Wildman–Crippen MR) is 122 cm³/mol. The number of hydrogen-bond donors (Lipinski definition) is 0. The fourth-order valence-electron chi connectivity index (χ4n) is 7.61. The van der Waals surface area contributed by atoms with Crippen LogP contribution >= 0.6 is 0 Å². The summed E-state index contributed by atoms with van der Waals surface area (Å²) in [5.41, 5.74) is 2.02. The second-order valence-electron chi connectivity index (χ2n) is 11.7.